The smallest absolute Gasteiger partial charge is 0.125 e. The quantitative estimate of drug-likeness (QED) is 0.839. The first-order chi connectivity index (χ1) is 9.06. The topological polar surface area (TPSA) is 35.2 Å². The molecule has 0 spiro atoms. The van der Waals surface area contributed by atoms with E-state index in [0.717, 1.165) is 11.3 Å². The molecule has 2 rings (SSSR count). The summed E-state index contributed by atoms with van der Waals surface area (Å²) in [5.74, 6) is 0.928. The molecule has 19 heavy (non-hydrogen) atoms. The van der Waals surface area contributed by atoms with Gasteiger partial charge in [-0.1, -0.05) is 32.0 Å². The zero-order valence-corrected chi connectivity index (χ0v) is 11.2. The maximum absolute atomic E-state index is 12.9. The molecule has 0 fully saturated rings. The van der Waals surface area contributed by atoms with Gasteiger partial charge in [-0.25, -0.2) is 4.39 Å². The summed E-state index contributed by atoms with van der Waals surface area (Å²) in [4.78, 5) is 0. The lowest BCUT2D eigenvalue weighted by molar-refractivity contribution is 0.306. The van der Waals surface area contributed by atoms with Gasteiger partial charge in [-0.3, -0.25) is 0 Å². The largest absolute Gasteiger partial charge is 0.489 e. The van der Waals surface area contributed by atoms with Crippen LogP contribution in [0.25, 0.3) is 0 Å². The molecule has 100 valence electrons. The summed E-state index contributed by atoms with van der Waals surface area (Å²) in [6.45, 7) is 4.61. The summed E-state index contributed by atoms with van der Waals surface area (Å²) in [5, 5.41) is 0. The second-order valence-electron chi connectivity index (χ2n) is 4.86. The van der Waals surface area contributed by atoms with Crippen molar-refractivity contribution in [2.24, 2.45) is 0 Å². The van der Waals surface area contributed by atoms with Gasteiger partial charge in [-0.15, -0.1) is 0 Å². The van der Waals surface area contributed by atoms with E-state index in [2.05, 4.69) is 19.9 Å². The fourth-order valence-electron chi connectivity index (χ4n) is 1.82. The molecule has 0 heterocycles. The Hall–Kier alpha value is -2.03. The van der Waals surface area contributed by atoms with E-state index in [1.807, 2.05) is 18.2 Å². The Labute approximate surface area is 113 Å². The van der Waals surface area contributed by atoms with E-state index in [-0.39, 0.29) is 5.82 Å². The number of anilines is 1. The highest BCUT2D eigenvalue weighted by Crippen LogP contribution is 2.22. The van der Waals surface area contributed by atoms with Crippen molar-refractivity contribution in [1.29, 1.82) is 0 Å². The zero-order chi connectivity index (χ0) is 13.8. The Morgan fingerprint density at radius 1 is 1.16 bits per heavy atom. The molecule has 0 aliphatic rings. The Kier molecular flexibility index (Phi) is 4.05. The molecule has 0 aliphatic carbocycles. The summed E-state index contributed by atoms with van der Waals surface area (Å²) in [7, 11) is 0. The number of hydrogen-bond acceptors (Lipinski definition) is 2. The molecule has 0 aromatic heterocycles. The van der Waals surface area contributed by atoms with Crippen molar-refractivity contribution in [3.05, 3.63) is 59.4 Å². The first-order valence-corrected chi connectivity index (χ1v) is 6.33. The van der Waals surface area contributed by atoms with Gasteiger partial charge < -0.3 is 10.5 Å². The van der Waals surface area contributed by atoms with Crippen molar-refractivity contribution >= 4 is 5.69 Å². The number of nitrogens with two attached hydrogens (primary N) is 1. The van der Waals surface area contributed by atoms with E-state index in [4.69, 9.17) is 10.5 Å². The van der Waals surface area contributed by atoms with Gasteiger partial charge in [-0.05, 0) is 35.7 Å². The third-order valence-corrected chi connectivity index (χ3v) is 3.03. The minimum atomic E-state index is -0.331. The molecule has 2 N–H and O–H groups in total. The molecule has 2 aromatic rings. The molecule has 0 unspecified atom stereocenters. The van der Waals surface area contributed by atoms with E-state index in [1.54, 1.807) is 6.07 Å². The minimum Gasteiger partial charge on any atom is -0.489 e. The van der Waals surface area contributed by atoms with E-state index in [9.17, 15) is 4.39 Å². The molecule has 0 radical (unpaired) electrons. The van der Waals surface area contributed by atoms with Crippen LogP contribution >= 0.6 is 0 Å². The second kappa shape index (κ2) is 5.74. The number of halogens is 1. The maximum Gasteiger partial charge on any atom is 0.125 e. The highest BCUT2D eigenvalue weighted by atomic mass is 19.1. The van der Waals surface area contributed by atoms with Crippen molar-refractivity contribution < 1.29 is 9.13 Å². The lowest BCUT2D eigenvalue weighted by Gasteiger charge is -2.11. The van der Waals surface area contributed by atoms with Crippen molar-refractivity contribution in [2.75, 3.05) is 5.73 Å². The van der Waals surface area contributed by atoms with E-state index in [1.165, 1.54) is 17.7 Å². The predicted molar refractivity (Wildman–Crippen MR) is 75.7 cm³/mol. The highest BCUT2D eigenvalue weighted by molar-refractivity contribution is 5.46. The lowest BCUT2D eigenvalue weighted by atomic mass is 10.0. The van der Waals surface area contributed by atoms with E-state index in [0.29, 0.717) is 18.2 Å². The van der Waals surface area contributed by atoms with Crippen LogP contribution in [0.4, 0.5) is 10.1 Å². The lowest BCUT2D eigenvalue weighted by Crippen LogP contribution is -2.01. The van der Waals surface area contributed by atoms with Gasteiger partial charge in [0.2, 0.25) is 0 Å². The van der Waals surface area contributed by atoms with Crippen LogP contribution in [0.3, 0.4) is 0 Å². The molecule has 0 bridgehead atoms. The monoisotopic (exact) mass is 259 g/mol. The summed E-state index contributed by atoms with van der Waals surface area (Å²) >= 11 is 0. The Morgan fingerprint density at radius 3 is 2.63 bits per heavy atom. The fourth-order valence-corrected chi connectivity index (χ4v) is 1.82. The molecule has 0 amide bonds. The Morgan fingerprint density at radius 2 is 1.95 bits per heavy atom. The standard InChI is InChI=1S/C16H18FNO/c1-11(2)12-4-3-5-15(8-12)19-10-13-6-7-14(17)9-16(13)18/h3-9,11H,10,18H2,1-2H3. The van der Waals surface area contributed by atoms with Crippen LogP contribution in [0, 0.1) is 5.82 Å². The number of benzene rings is 2. The van der Waals surface area contributed by atoms with Crippen LogP contribution in [0.2, 0.25) is 0 Å². The van der Waals surface area contributed by atoms with Crippen LogP contribution in [0.5, 0.6) is 5.75 Å². The predicted octanol–water partition coefficient (Wildman–Crippen LogP) is 4.11. The molecule has 2 aromatic carbocycles. The van der Waals surface area contributed by atoms with Crippen molar-refractivity contribution in [3.63, 3.8) is 0 Å². The first-order valence-electron chi connectivity index (χ1n) is 6.33. The van der Waals surface area contributed by atoms with Gasteiger partial charge in [0, 0.05) is 11.3 Å². The number of hydrogen-bond donors (Lipinski definition) is 1. The number of nitrogen functional groups attached to an aromatic ring is 1. The number of rotatable bonds is 4. The molecule has 0 atom stereocenters. The second-order valence-corrected chi connectivity index (χ2v) is 4.86. The van der Waals surface area contributed by atoms with Gasteiger partial charge in [0.15, 0.2) is 0 Å². The normalized spacial score (nSPS) is 10.7. The summed E-state index contributed by atoms with van der Waals surface area (Å²) < 4.78 is 18.6. The van der Waals surface area contributed by atoms with Crippen LogP contribution in [-0.4, -0.2) is 0 Å². The van der Waals surface area contributed by atoms with Crippen molar-refractivity contribution in [2.45, 2.75) is 26.4 Å². The van der Waals surface area contributed by atoms with Crippen LogP contribution in [-0.2, 0) is 6.61 Å². The van der Waals surface area contributed by atoms with Gasteiger partial charge >= 0.3 is 0 Å². The molecular formula is C16H18FNO. The van der Waals surface area contributed by atoms with E-state index < -0.39 is 0 Å². The zero-order valence-electron chi connectivity index (χ0n) is 11.2. The number of ether oxygens (including phenoxy) is 1. The van der Waals surface area contributed by atoms with Crippen LogP contribution in [0.1, 0.15) is 30.9 Å². The molecular weight excluding hydrogens is 241 g/mol. The summed E-state index contributed by atoms with van der Waals surface area (Å²) in [6, 6.07) is 12.3. The van der Waals surface area contributed by atoms with Crippen LogP contribution < -0.4 is 10.5 Å². The van der Waals surface area contributed by atoms with Gasteiger partial charge in [-0.2, -0.15) is 0 Å². The van der Waals surface area contributed by atoms with Crippen molar-refractivity contribution in [3.8, 4) is 5.75 Å². The van der Waals surface area contributed by atoms with Gasteiger partial charge in [0.1, 0.15) is 18.2 Å². The van der Waals surface area contributed by atoms with Gasteiger partial charge in [0.25, 0.3) is 0 Å². The molecule has 0 saturated carbocycles. The fraction of sp³-hybridized carbons (Fsp3) is 0.250. The summed E-state index contributed by atoms with van der Waals surface area (Å²) in [6.07, 6.45) is 0. The Balaban J connectivity index is 2.08. The average molecular weight is 259 g/mol. The highest BCUT2D eigenvalue weighted by Gasteiger charge is 2.04. The third-order valence-electron chi connectivity index (χ3n) is 3.03. The maximum atomic E-state index is 12.9. The molecule has 0 saturated heterocycles. The summed E-state index contributed by atoms with van der Waals surface area (Å²) in [5.41, 5.74) is 8.18. The van der Waals surface area contributed by atoms with Crippen molar-refractivity contribution in [1.82, 2.24) is 0 Å². The van der Waals surface area contributed by atoms with Crippen LogP contribution in [0.15, 0.2) is 42.5 Å². The third kappa shape index (κ3) is 3.47. The Bertz CT molecular complexity index is 566. The van der Waals surface area contributed by atoms with Gasteiger partial charge in [0.05, 0.1) is 0 Å². The minimum absolute atomic E-state index is 0.331. The SMILES string of the molecule is CC(C)c1cccc(OCc2ccc(F)cc2N)c1. The molecule has 0 aliphatic heterocycles. The first kappa shape index (κ1) is 13.4. The molecule has 2 nitrogen and oxygen atoms in total. The average Bonchev–Trinajstić information content (AvgIpc) is 2.38. The van der Waals surface area contributed by atoms with E-state index >= 15 is 0 Å². The molecule has 3 heteroatoms.